The Labute approximate surface area is 152 Å². The summed E-state index contributed by atoms with van der Waals surface area (Å²) in [6.07, 6.45) is 7.22. The van der Waals surface area contributed by atoms with Gasteiger partial charge in [0.2, 0.25) is 0 Å². The van der Waals surface area contributed by atoms with Gasteiger partial charge in [0, 0.05) is 31.6 Å². The first-order chi connectivity index (χ1) is 11.2. The Morgan fingerprint density at radius 1 is 1.08 bits per heavy atom. The molecule has 0 atom stereocenters. The van der Waals surface area contributed by atoms with Gasteiger partial charge in [0.1, 0.15) is 5.75 Å². The number of halogens is 1. The molecular weight excluding hydrogens is 322 g/mol. The first-order valence-corrected chi connectivity index (χ1v) is 9.23. The molecule has 0 spiro atoms. The fraction of sp³-hybridized carbons (Fsp3) is 0.650. The van der Waals surface area contributed by atoms with Crippen molar-refractivity contribution in [1.82, 2.24) is 4.90 Å². The second-order valence-corrected chi connectivity index (χ2v) is 7.19. The van der Waals surface area contributed by atoms with Crippen LogP contribution in [0.3, 0.4) is 0 Å². The molecule has 1 saturated carbocycles. The Hall–Kier alpha value is -1.06. The van der Waals surface area contributed by atoms with Crippen molar-refractivity contribution in [2.45, 2.75) is 45.4 Å². The zero-order chi connectivity index (χ0) is 16.1. The van der Waals surface area contributed by atoms with Crippen LogP contribution in [0.15, 0.2) is 24.3 Å². The lowest BCUT2D eigenvalue weighted by Crippen LogP contribution is -2.30. The summed E-state index contributed by atoms with van der Waals surface area (Å²) in [7, 11) is 0. The Balaban J connectivity index is 0.00000208. The molecule has 0 unspecified atom stereocenters. The zero-order valence-electron chi connectivity index (χ0n) is 14.7. The van der Waals surface area contributed by atoms with Gasteiger partial charge in [-0.15, -0.1) is 12.4 Å². The molecule has 0 amide bonds. The molecule has 1 aromatic carbocycles. The molecule has 2 saturated heterocycles. The van der Waals surface area contributed by atoms with Gasteiger partial charge in [0.15, 0.2) is 5.78 Å². The number of ether oxygens (including phenoxy) is 1. The molecular formula is C20H30ClNO2. The van der Waals surface area contributed by atoms with Gasteiger partial charge in [0.25, 0.3) is 0 Å². The number of rotatable bonds is 7. The molecule has 4 rings (SSSR count). The Bertz CT molecular complexity index is 495. The molecule has 1 aromatic rings. The highest BCUT2D eigenvalue weighted by Crippen LogP contribution is 2.33. The zero-order valence-corrected chi connectivity index (χ0v) is 15.5. The number of hydrogen-bond donors (Lipinski definition) is 0. The third-order valence-corrected chi connectivity index (χ3v) is 5.30. The van der Waals surface area contributed by atoms with Gasteiger partial charge in [-0.1, -0.05) is 6.92 Å². The SMILES string of the molecule is CCCOc1ccc(C(=O)CCN2CC3CCC(CC3)C2)cc1.Cl. The van der Waals surface area contributed by atoms with Crippen LogP contribution in [-0.4, -0.2) is 36.9 Å². The molecule has 4 heteroatoms. The average molecular weight is 352 g/mol. The first kappa shape index (κ1) is 19.3. The predicted molar refractivity (Wildman–Crippen MR) is 100 cm³/mol. The summed E-state index contributed by atoms with van der Waals surface area (Å²) in [6.45, 7) is 6.14. The Morgan fingerprint density at radius 3 is 2.21 bits per heavy atom. The second kappa shape index (κ2) is 9.43. The van der Waals surface area contributed by atoms with Gasteiger partial charge in [-0.25, -0.2) is 0 Å². The van der Waals surface area contributed by atoms with E-state index in [-0.39, 0.29) is 18.2 Å². The van der Waals surface area contributed by atoms with E-state index in [1.807, 2.05) is 24.3 Å². The van der Waals surface area contributed by atoms with Gasteiger partial charge >= 0.3 is 0 Å². The van der Waals surface area contributed by atoms with Crippen molar-refractivity contribution in [2.75, 3.05) is 26.2 Å². The number of fused-ring (bicyclic) bond motifs is 4. The second-order valence-electron chi connectivity index (χ2n) is 7.19. The van der Waals surface area contributed by atoms with Crippen LogP contribution in [0.4, 0.5) is 0 Å². The average Bonchev–Trinajstić information content (AvgIpc) is 2.91. The van der Waals surface area contributed by atoms with Gasteiger partial charge in [-0.2, -0.15) is 0 Å². The number of Topliss-reactive ketones (excluding diaryl/α,β-unsaturated/α-hetero) is 1. The summed E-state index contributed by atoms with van der Waals surface area (Å²) in [4.78, 5) is 14.9. The third kappa shape index (κ3) is 5.22. The van der Waals surface area contributed by atoms with E-state index < -0.39 is 0 Å². The highest BCUT2D eigenvalue weighted by molar-refractivity contribution is 5.96. The number of carbonyl (C=O) groups is 1. The molecule has 1 aliphatic carbocycles. The number of nitrogens with zero attached hydrogens (tertiary/aromatic N) is 1. The quantitative estimate of drug-likeness (QED) is 0.673. The number of carbonyl (C=O) groups excluding carboxylic acids is 1. The van der Waals surface area contributed by atoms with E-state index in [0.29, 0.717) is 6.42 Å². The van der Waals surface area contributed by atoms with E-state index in [9.17, 15) is 4.79 Å². The largest absolute Gasteiger partial charge is 0.494 e. The van der Waals surface area contributed by atoms with Gasteiger partial charge in [-0.3, -0.25) is 4.79 Å². The lowest BCUT2D eigenvalue weighted by molar-refractivity contribution is 0.0961. The van der Waals surface area contributed by atoms with Crippen LogP contribution in [0.2, 0.25) is 0 Å². The smallest absolute Gasteiger partial charge is 0.164 e. The van der Waals surface area contributed by atoms with Crippen molar-refractivity contribution < 1.29 is 9.53 Å². The lowest BCUT2D eigenvalue weighted by atomic mass is 9.84. The molecule has 0 aromatic heterocycles. The lowest BCUT2D eigenvalue weighted by Gasteiger charge is -2.21. The molecule has 24 heavy (non-hydrogen) atoms. The molecule has 3 aliphatic rings. The van der Waals surface area contributed by atoms with Gasteiger partial charge in [0.05, 0.1) is 6.61 Å². The van der Waals surface area contributed by atoms with Crippen molar-refractivity contribution >= 4 is 18.2 Å². The summed E-state index contributed by atoms with van der Waals surface area (Å²) in [5.41, 5.74) is 0.812. The minimum Gasteiger partial charge on any atom is -0.494 e. The summed E-state index contributed by atoms with van der Waals surface area (Å²) >= 11 is 0. The predicted octanol–water partition coefficient (Wildman–Crippen LogP) is 4.59. The molecule has 3 nitrogen and oxygen atoms in total. The number of hydrogen-bond acceptors (Lipinski definition) is 3. The van der Waals surface area contributed by atoms with Crippen molar-refractivity contribution in [2.24, 2.45) is 11.8 Å². The minimum absolute atomic E-state index is 0. The fourth-order valence-corrected chi connectivity index (χ4v) is 3.95. The number of ketones is 1. The van der Waals surface area contributed by atoms with E-state index in [2.05, 4.69) is 11.8 Å². The topological polar surface area (TPSA) is 29.5 Å². The molecule has 2 heterocycles. The standard InChI is InChI=1S/C20H29NO2.ClH/c1-2-13-23-19-9-7-18(8-10-19)20(22)11-12-21-14-16-3-4-17(15-21)6-5-16;/h7-10,16-17H,2-6,11-15H2,1H3;1H. The molecule has 0 N–H and O–H groups in total. The van der Waals surface area contributed by atoms with Crippen LogP contribution in [0, 0.1) is 11.8 Å². The van der Waals surface area contributed by atoms with Gasteiger partial charge < -0.3 is 9.64 Å². The van der Waals surface area contributed by atoms with Crippen molar-refractivity contribution in [3.8, 4) is 5.75 Å². The van der Waals surface area contributed by atoms with Crippen molar-refractivity contribution in [1.29, 1.82) is 0 Å². The fourth-order valence-electron chi connectivity index (χ4n) is 3.95. The van der Waals surface area contributed by atoms with E-state index >= 15 is 0 Å². The van der Waals surface area contributed by atoms with E-state index in [1.54, 1.807) is 0 Å². The normalized spacial score (nSPS) is 23.4. The number of benzene rings is 1. The Kier molecular flexibility index (Phi) is 7.57. The van der Waals surface area contributed by atoms with E-state index in [1.165, 1.54) is 38.8 Å². The summed E-state index contributed by atoms with van der Waals surface area (Å²) in [5, 5.41) is 0. The van der Waals surface area contributed by atoms with E-state index in [0.717, 1.165) is 42.7 Å². The first-order valence-electron chi connectivity index (χ1n) is 9.23. The van der Waals surface area contributed by atoms with E-state index in [4.69, 9.17) is 4.74 Å². The highest BCUT2D eigenvalue weighted by atomic mass is 35.5. The van der Waals surface area contributed by atoms with Crippen LogP contribution in [0.1, 0.15) is 55.8 Å². The van der Waals surface area contributed by atoms with Crippen molar-refractivity contribution in [3.63, 3.8) is 0 Å². The molecule has 134 valence electrons. The van der Waals surface area contributed by atoms with Crippen LogP contribution in [0.5, 0.6) is 5.75 Å². The monoisotopic (exact) mass is 351 g/mol. The van der Waals surface area contributed by atoms with Gasteiger partial charge in [-0.05, 0) is 68.2 Å². The summed E-state index contributed by atoms with van der Waals surface area (Å²) in [5.74, 6) is 2.86. The maximum Gasteiger partial charge on any atom is 0.164 e. The van der Waals surface area contributed by atoms with Crippen LogP contribution >= 0.6 is 12.4 Å². The minimum atomic E-state index is 0. The van der Waals surface area contributed by atoms with Crippen molar-refractivity contribution in [3.05, 3.63) is 29.8 Å². The summed E-state index contributed by atoms with van der Waals surface area (Å²) in [6, 6.07) is 7.63. The third-order valence-electron chi connectivity index (χ3n) is 5.30. The van der Waals surface area contributed by atoms with Crippen LogP contribution < -0.4 is 4.74 Å². The van der Waals surface area contributed by atoms with Crippen LogP contribution in [0.25, 0.3) is 0 Å². The maximum atomic E-state index is 12.4. The highest BCUT2D eigenvalue weighted by Gasteiger charge is 2.29. The molecule has 0 radical (unpaired) electrons. The maximum absolute atomic E-state index is 12.4. The molecule has 2 aliphatic heterocycles. The molecule has 3 fully saturated rings. The van der Waals surface area contributed by atoms with Crippen LogP contribution in [-0.2, 0) is 0 Å². The Morgan fingerprint density at radius 2 is 1.67 bits per heavy atom. The molecule has 2 bridgehead atoms. The summed E-state index contributed by atoms with van der Waals surface area (Å²) < 4.78 is 5.57.